The van der Waals surface area contributed by atoms with Gasteiger partial charge in [0.15, 0.2) is 5.01 Å². The molecule has 6 heterocycles. The molecule has 2 aliphatic heterocycles. The van der Waals surface area contributed by atoms with Crippen molar-refractivity contribution in [2.75, 3.05) is 56.5 Å². The molecule has 44 heavy (non-hydrogen) atoms. The van der Waals surface area contributed by atoms with Crippen LogP contribution in [0.1, 0.15) is 32.3 Å². The van der Waals surface area contributed by atoms with E-state index in [1.165, 1.54) is 0 Å². The summed E-state index contributed by atoms with van der Waals surface area (Å²) in [6, 6.07) is 10.4. The van der Waals surface area contributed by atoms with Gasteiger partial charge in [0.2, 0.25) is 5.13 Å². The first-order valence-electron chi connectivity index (χ1n) is 15.3. The predicted octanol–water partition coefficient (Wildman–Crippen LogP) is 3.78. The van der Waals surface area contributed by atoms with Crippen LogP contribution in [0.25, 0.3) is 27.5 Å². The maximum absolute atomic E-state index is 13.0. The van der Waals surface area contributed by atoms with Crippen LogP contribution in [0, 0.1) is 23.2 Å². The Kier molecular flexibility index (Phi) is 7.55. The Morgan fingerprint density at radius 3 is 2.57 bits per heavy atom. The van der Waals surface area contributed by atoms with Gasteiger partial charge in [-0.25, -0.2) is 9.31 Å². The van der Waals surface area contributed by atoms with E-state index >= 15 is 0 Å². The molecule has 228 valence electrons. The predicted molar refractivity (Wildman–Crippen MR) is 171 cm³/mol. The number of piperazine rings is 1. The van der Waals surface area contributed by atoms with E-state index in [9.17, 15) is 10.1 Å². The van der Waals surface area contributed by atoms with E-state index in [-0.39, 0.29) is 18.1 Å². The quantitative estimate of drug-likeness (QED) is 0.335. The molecule has 7 rings (SSSR count). The molecule has 0 aromatic carbocycles. The summed E-state index contributed by atoms with van der Waals surface area (Å²) in [7, 11) is 2.10. The van der Waals surface area contributed by atoms with Crippen LogP contribution in [0.4, 0.5) is 15.6 Å². The number of hydrogen-bond donors (Lipinski definition) is 2. The van der Waals surface area contributed by atoms with E-state index in [0.717, 1.165) is 90.4 Å². The van der Waals surface area contributed by atoms with Crippen LogP contribution in [0.2, 0.25) is 0 Å². The lowest BCUT2D eigenvalue weighted by Gasteiger charge is -2.40. The van der Waals surface area contributed by atoms with Gasteiger partial charge in [-0.3, -0.25) is 4.98 Å². The van der Waals surface area contributed by atoms with Crippen molar-refractivity contribution < 1.29 is 4.79 Å². The highest BCUT2D eigenvalue weighted by molar-refractivity contribution is 7.18. The van der Waals surface area contributed by atoms with Crippen LogP contribution in [-0.2, 0) is 0 Å². The minimum absolute atomic E-state index is 0.0867. The molecule has 2 saturated heterocycles. The molecule has 3 fully saturated rings. The van der Waals surface area contributed by atoms with Crippen molar-refractivity contribution in [1.82, 2.24) is 39.9 Å². The molecule has 2 unspecified atom stereocenters. The van der Waals surface area contributed by atoms with Gasteiger partial charge in [-0.2, -0.15) is 10.4 Å². The van der Waals surface area contributed by atoms with Crippen molar-refractivity contribution in [3.8, 4) is 28.0 Å². The van der Waals surface area contributed by atoms with Gasteiger partial charge in [-0.05, 0) is 69.8 Å². The molecule has 4 aromatic rings. The number of piperidine rings is 1. The number of nitriles is 1. The van der Waals surface area contributed by atoms with Crippen molar-refractivity contribution in [2.45, 2.75) is 38.8 Å². The highest BCUT2D eigenvalue weighted by Gasteiger charge is 2.44. The van der Waals surface area contributed by atoms with E-state index < -0.39 is 0 Å². The molecule has 1 saturated carbocycles. The second-order valence-corrected chi connectivity index (χ2v) is 13.4. The smallest absolute Gasteiger partial charge is 0.317 e. The number of aromatic nitrogens is 5. The van der Waals surface area contributed by atoms with Gasteiger partial charge in [0, 0.05) is 63.2 Å². The van der Waals surface area contributed by atoms with E-state index in [4.69, 9.17) is 4.98 Å². The van der Waals surface area contributed by atoms with E-state index in [0.29, 0.717) is 17.4 Å². The number of likely N-dealkylation sites (N-methyl/N-ethyl adjacent to an activating group) is 1. The summed E-state index contributed by atoms with van der Waals surface area (Å²) in [4.78, 5) is 24.4. The molecule has 2 bridgehead atoms. The Morgan fingerprint density at radius 2 is 1.84 bits per heavy atom. The number of rotatable bonds is 6. The molecule has 3 aliphatic rings. The van der Waals surface area contributed by atoms with Crippen LogP contribution in [0.15, 0.2) is 36.7 Å². The Balaban J connectivity index is 1.09. The molecule has 2 N–H and O–H groups in total. The highest BCUT2D eigenvalue weighted by atomic mass is 32.1. The lowest BCUT2D eigenvalue weighted by molar-refractivity contribution is 0.146. The summed E-state index contributed by atoms with van der Waals surface area (Å²) in [5.41, 5.74) is 4.82. The number of carbonyl (C=O) groups excluding carboxylic acids is 1. The van der Waals surface area contributed by atoms with Gasteiger partial charge in [0.05, 0.1) is 34.2 Å². The normalized spacial score (nSPS) is 22.0. The van der Waals surface area contributed by atoms with Crippen molar-refractivity contribution in [2.24, 2.45) is 11.8 Å². The second kappa shape index (κ2) is 11.7. The Morgan fingerprint density at radius 1 is 1.07 bits per heavy atom. The first kappa shape index (κ1) is 28.5. The molecular formula is C31H37N11OS. The number of nitrogens with one attached hydrogen (secondary N) is 2. The summed E-state index contributed by atoms with van der Waals surface area (Å²) < 4.78 is 1.80. The SMILES string of the molecule is CC(C)Nc1cc(-c2ccc3cc(C#N)cnn23)ncc1-c1nnc(N2CC3CCC(C2)C3NC(=O)N2CCN(C)CC2)s1. The summed E-state index contributed by atoms with van der Waals surface area (Å²) in [5.74, 6) is 0.817. The molecule has 2 amide bonds. The van der Waals surface area contributed by atoms with Gasteiger partial charge < -0.3 is 25.3 Å². The van der Waals surface area contributed by atoms with Crippen LogP contribution in [0.3, 0.4) is 0 Å². The molecule has 12 nitrogen and oxygen atoms in total. The van der Waals surface area contributed by atoms with E-state index in [2.05, 4.69) is 62.7 Å². The van der Waals surface area contributed by atoms with Gasteiger partial charge in [-0.1, -0.05) is 11.3 Å². The standard InChI is InChI=1S/C31H37N11OS/c1-19(2)35-25-13-26(27-7-6-23-12-20(14-32)15-34-42(23)27)33-16-24(25)29-37-38-31(44-29)41-17-21-4-5-22(18-41)28(21)36-30(43)40-10-8-39(3)9-11-40/h6-7,12-13,15-16,19,21-22,28H,4-5,8-11,17-18H2,1-3H3,(H,33,35)(H,36,43). The number of carbonyl (C=O) groups is 1. The third-order valence-electron chi connectivity index (χ3n) is 9.07. The zero-order valence-corrected chi connectivity index (χ0v) is 26.1. The molecular weight excluding hydrogens is 574 g/mol. The molecule has 0 spiro atoms. The zero-order valence-electron chi connectivity index (χ0n) is 25.3. The van der Waals surface area contributed by atoms with Crippen molar-refractivity contribution in [3.05, 3.63) is 42.2 Å². The van der Waals surface area contributed by atoms with Crippen LogP contribution in [0.5, 0.6) is 0 Å². The Hall–Kier alpha value is -4.28. The number of amides is 2. The molecule has 1 aliphatic carbocycles. The van der Waals surface area contributed by atoms with Crippen molar-refractivity contribution >= 4 is 33.7 Å². The largest absolute Gasteiger partial charge is 0.382 e. The average Bonchev–Trinajstić information content (AvgIpc) is 3.73. The van der Waals surface area contributed by atoms with Gasteiger partial charge in [0.1, 0.15) is 6.07 Å². The van der Waals surface area contributed by atoms with E-state index in [1.807, 2.05) is 35.4 Å². The Bertz CT molecular complexity index is 1700. The fourth-order valence-electron chi connectivity index (χ4n) is 6.76. The van der Waals surface area contributed by atoms with Crippen LogP contribution >= 0.6 is 11.3 Å². The fraction of sp³-hybridized carbons (Fsp3) is 0.484. The lowest BCUT2D eigenvalue weighted by Crippen LogP contribution is -2.57. The maximum Gasteiger partial charge on any atom is 0.317 e. The maximum atomic E-state index is 13.0. The number of anilines is 2. The lowest BCUT2D eigenvalue weighted by atomic mass is 9.92. The van der Waals surface area contributed by atoms with Crippen molar-refractivity contribution in [3.63, 3.8) is 0 Å². The van der Waals surface area contributed by atoms with Gasteiger partial charge in [0.25, 0.3) is 0 Å². The Labute approximate surface area is 260 Å². The summed E-state index contributed by atoms with van der Waals surface area (Å²) in [6.45, 7) is 9.38. The van der Waals surface area contributed by atoms with E-state index in [1.54, 1.807) is 22.0 Å². The number of nitrogens with zero attached hydrogens (tertiary/aromatic N) is 9. The summed E-state index contributed by atoms with van der Waals surface area (Å²) in [5, 5.41) is 31.6. The summed E-state index contributed by atoms with van der Waals surface area (Å²) in [6.07, 6.45) is 5.67. The molecule has 0 radical (unpaired) electrons. The highest BCUT2D eigenvalue weighted by Crippen LogP contribution is 2.41. The fourth-order valence-corrected chi connectivity index (χ4v) is 7.65. The van der Waals surface area contributed by atoms with Crippen LogP contribution in [-0.4, -0.2) is 99.0 Å². The number of hydrogen-bond acceptors (Lipinski definition) is 10. The third kappa shape index (κ3) is 5.44. The van der Waals surface area contributed by atoms with Crippen molar-refractivity contribution in [1.29, 1.82) is 5.26 Å². The minimum atomic E-state index is 0.0867. The number of pyridine rings is 1. The molecule has 4 aromatic heterocycles. The second-order valence-electron chi connectivity index (χ2n) is 12.5. The third-order valence-corrected chi connectivity index (χ3v) is 10.1. The monoisotopic (exact) mass is 611 g/mol. The zero-order chi connectivity index (χ0) is 30.4. The average molecular weight is 612 g/mol. The topological polar surface area (TPSA) is 131 Å². The number of fused-ring (bicyclic) bond motifs is 3. The molecule has 13 heteroatoms. The van der Waals surface area contributed by atoms with Gasteiger partial charge >= 0.3 is 6.03 Å². The first-order valence-corrected chi connectivity index (χ1v) is 16.2. The van der Waals surface area contributed by atoms with Gasteiger partial charge in [-0.15, -0.1) is 10.2 Å². The summed E-state index contributed by atoms with van der Waals surface area (Å²) >= 11 is 1.59. The minimum Gasteiger partial charge on any atom is -0.382 e. The van der Waals surface area contributed by atoms with Crippen LogP contribution < -0.4 is 15.5 Å². The first-order chi connectivity index (χ1) is 21.4. The number of urea groups is 1. The molecule has 2 atom stereocenters.